The summed E-state index contributed by atoms with van der Waals surface area (Å²) < 4.78 is 0. The Hall–Kier alpha value is -1.00. The van der Waals surface area contributed by atoms with Crippen molar-refractivity contribution in [3.05, 3.63) is 29.8 Å². The molecule has 3 nitrogen and oxygen atoms in total. The zero-order chi connectivity index (χ0) is 14.8. The largest absolute Gasteiger partial charge is 0.349 e. The van der Waals surface area contributed by atoms with Crippen LogP contribution in [0.2, 0.25) is 0 Å². The van der Waals surface area contributed by atoms with E-state index in [1.807, 2.05) is 36.0 Å². The van der Waals surface area contributed by atoms with Gasteiger partial charge in [-0.1, -0.05) is 13.8 Å². The number of nitrogens with one attached hydrogen (secondary N) is 2. The van der Waals surface area contributed by atoms with Gasteiger partial charge in [0.2, 0.25) is 0 Å². The van der Waals surface area contributed by atoms with E-state index in [0.717, 1.165) is 18.4 Å². The first-order valence-electron chi connectivity index (χ1n) is 7.94. The average Bonchev–Trinajstić information content (AvgIpc) is 2.78. The predicted octanol–water partition coefficient (Wildman–Crippen LogP) is 3.20. The number of fused-ring (bicyclic) bond motifs is 2. The summed E-state index contributed by atoms with van der Waals surface area (Å²) in [6.45, 7) is 4.35. The fraction of sp³-hybridized carbons (Fsp3) is 0.588. The molecule has 21 heavy (non-hydrogen) atoms. The van der Waals surface area contributed by atoms with Crippen LogP contribution in [0, 0.1) is 0 Å². The molecule has 2 atom stereocenters. The summed E-state index contributed by atoms with van der Waals surface area (Å²) in [5, 5.41) is 7.38. The summed E-state index contributed by atoms with van der Waals surface area (Å²) in [6.07, 6.45) is 4.67. The van der Waals surface area contributed by atoms with Crippen LogP contribution in [0.15, 0.2) is 29.2 Å². The van der Waals surface area contributed by atoms with E-state index in [9.17, 15) is 4.79 Å². The minimum absolute atomic E-state index is 0.0717. The van der Waals surface area contributed by atoms with Gasteiger partial charge in [0.1, 0.15) is 0 Å². The van der Waals surface area contributed by atoms with E-state index in [-0.39, 0.29) is 5.91 Å². The molecule has 3 rings (SSSR count). The summed E-state index contributed by atoms with van der Waals surface area (Å²) in [6, 6.07) is 9.53. The first-order valence-corrected chi connectivity index (χ1v) is 8.82. The van der Waals surface area contributed by atoms with E-state index in [4.69, 9.17) is 0 Å². The molecule has 0 radical (unpaired) electrons. The lowest BCUT2D eigenvalue weighted by Crippen LogP contribution is -2.48. The van der Waals surface area contributed by atoms with Crippen molar-refractivity contribution in [3.63, 3.8) is 0 Å². The molecule has 2 N–H and O–H groups in total. The Bertz CT molecular complexity index is 488. The molecule has 2 unspecified atom stereocenters. The van der Waals surface area contributed by atoms with Gasteiger partial charge >= 0.3 is 0 Å². The molecule has 0 spiro atoms. The third-order valence-electron chi connectivity index (χ3n) is 4.30. The second kappa shape index (κ2) is 6.41. The van der Waals surface area contributed by atoms with Crippen LogP contribution in [0.1, 0.15) is 49.9 Å². The van der Waals surface area contributed by atoms with E-state index >= 15 is 0 Å². The number of thioether (sulfide) groups is 1. The highest BCUT2D eigenvalue weighted by molar-refractivity contribution is 7.99. The molecular formula is C17H24N2OS. The Labute approximate surface area is 131 Å². The molecule has 0 saturated carbocycles. The molecule has 0 aromatic heterocycles. The Kier molecular flexibility index (Phi) is 4.55. The number of carbonyl (C=O) groups is 1. The Morgan fingerprint density at radius 2 is 1.81 bits per heavy atom. The molecule has 2 aliphatic rings. The van der Waals surface area contributed by atoms with Crippen molar-refractivity contribution in [3.8, 4) is 0 Å². The third kappa shape index (κ3) is 3.80. The lowest BCUT2D eigenvalue weighted by atomic mass is 9.99. The van der Waals surface area contributed by atoms with E-state index in [1.165, 1.54) is 17.7 Å². The van der Waals surface area contributed by atoms with Crippen LogP contribution in [0.25, 0.3) is 0 Å². The maximum absolute atomic E-state index is 12.3. The van der Waals surface area contributed by atoms with Gasteiger partial charge in [-0.05, 0) is 49.9 Å². The van der Waals surface area contributed by atoms with Gasteiger partial charge in [0.25, 0.3) is 5.91 Å². The first kappa shape index (κ1) is 14.9. The molecule has 0 aliphatic carbocycles. The predicted molar refractivity (Wildman–Crippen MR) is 87.9 cm³/mol. The lowest BCUT2D eigenvalue weighted by molar-refractivity contribution is 0.0924. The van der Waals surface area contributed by atoms with Gasteiger partial charge in [-0.2, -0.15) is 0 Å². The van der Waals surface area contributed by atoms with Crippen LogP contribution in [-0.2, 0) is 0 Å². The molecule has 2 fully saturated rings. The van der Waals surface area contributed by atoms with Gasteiger partial charge < -0.3 is 10.6 Å². The third-order valence-corrected chi connectivity index (χ3v) is 5.31. The Balaban J connectivity index is 1.57. The lowest BCUT2D eigenvalue weighted by Gasteiger charge is -2.29. The molecule has 1 amide bonds. The Morgan fingerprint density at radius 1 is 1.19 bits per heavy atom. The summed E-state index contributed by atoms with van der Waals surface area (Å²) in [7, 11) is 0. The van der Waals surface area contributed by atoms with E-state index in [2.05, 4.69) is 24.5 Å². The van der Waals surface area contributed by atoms with Crippen LogP contribution in [0.5, 0.6) is 0 Å². The summed E-state index contributed by atoms with van der Waals surface area (Å²) in [5.74, 6) is 0.0717. The van der Waals surface area contributed by atoms with Crippen LogP contribution in [0.4, 0.5) is 0 Å². The topological polar surface area (TPSA) is 41.1 Å². The van der Waals surface area contributed by atoms with Crippen LogP contribution in [0.3, 0.4) is 0 Å². The minimum Gasteiger partial charge on any atom is -0.349 e. The molecule has 1 aromatic carbocycles. The van der Waals surface area contributed by atoms with Crippen molar-refractivity contribution in [2.75, 3.05) is 0 Å². The van der Waals surface area contributed by atoms with Crippen LogP contribution >= 0.6 is 11.8 Å². The highest BCUT2D eigenvalue weighted by Crippen LogP contribution is 2.27. The molecule has 2 bridgehead atoms. The van der Waals surface area contributed by atoms with E-state index < -0.39 is 0 Å². The maximum atomic E-state index is 12.3. The zero-order valence-electron chi connectivity index (χ0n) is 12.8. The van der Waals surface area contributed by atoms with E-state index in [1.54, 1.807) is 0 Å². The second-order valence-corrected chi connectivity index (χ2v) is 8.12. The SMILES string of the molecule is CC(C)Sc1ccc(C(=O)NC2CC3CCC(C2)N3)cc1. The molecule has 4 heteroatoms. The minimum atomic E-state index is 0.0717. The standard InChI is InChI=1S/C17H24N2OS/c1-11(2)21-16-7-3-12(4-8-16)17(20)19-15-9-13-5-6-14(10-15)18-13/h3-4,7-8,11,13-15,18H,5-6,9-10H2,1-2H3,(H,19,20). The van der Waals surface area contributed by atoms with Gasteiger partial charge in [-0.25, -0.2) is 0 Å². The summed E-state index contributed by atoms with van der Waals surface area (Å²) >= 11 is 1.82. The molecule has 114 valence electrons. The fourth-order valence-electron chi connectivity index (χ4n) is 3.40. The van der Waals surface area contributed by atoms with Crippen molar-refractivity contribution >= 4 is 17.7 Å². The van der Waals surface area contributed by atoms with Crippen molar-refractivity contribution in [2.45, 2.75) is 67.8 Å². The maximum Gasteiger partial charge on any atom is 0.251 e. The van der Waals surface area contributed by atoms with E-state index in [0.29, 0.717) is 23.4 Å². The normalized spacial score (nSPS) is 27.9. The highest BCUT2D eigenvalue weighted by atomic mass is 32.2. The molecule has 1 aromatic rings. The van der Waals surface area contributed by atoms with Crippen LogP contribution in [-0.4, -0.2) is 29.3 Å². The first-order chi connectivity index (χ1) is 10.1. The molecule has 2 aliphatic heterocycles. The number of amides is 1. The van der Waals surface area contributed by atoms with Crippen molar-refractivity contribution in [1.29, 1.82) is 0 Å². The fourth-order valence-corrected chi connectivity index (χ4v) is 4.24. The van der Waals surface area contributed by atoms with Crippen molar-refractivity contribution < 1.29 is 4.79 Å². The number of hydrogen-bond acceptors (Lipinski definition) is 3. The summed E-state index contributed by atoms with van der Waals surface area (Å²) in [5.41, 5.74) is 0.772. The van der Waals surface area contributed by atoms with Crippen LogP contribution < -0.4 is 10.6 Å². The number of rotatable bonds is 4. The van der Waals surface area contributed by atoms with Gasteiger partial charge in [0.05, 0.1) is 0 Å². The number of hydrogen-bond donors (Lipinski definition) is 2. The quantitative estimate of drug-likeness (QED) is 0.839. The highest BCUT2D eigenvalue weighted by Gasteiger charge is 2.34. The monoisotopic (exact) mass is 304 g/mol. The molecule has 2 saturated heterocycles. The molecular weight excluding hydrogens is 280 g/mol. The number of carbonyl (C=O) groups excluding carboxylic acids is 1. The summed E-state index contributed by atoms with van der Waals surface area (Å²) in [4.78, 5) is 13.6. The average molecular weight is 304 g/mol. The number of benzene rings is 1. The Morgan fingerprint density at radius 3 is 2.38 bits per heavy atom. The second-order valence-electron chi connectivity index (χ2n) is 6.47. The smallest absolute Gasteiger partial charge is 0.251 e. The number of piperidine rings is 1. The van der Waals surface area contributed by atoms with Gasteiger partial charge in [0, 0.05) is 33.8 Å². The van der Waals surface area contributed by atoms with Gasteiger partial charge in [-0.3, -0.25) is 4.79 Å². The van der Waals surface area contributed by atoms with Crippen molar-refractivity contribution in [1.82, 2.24) is 10.6 Å². The van der Waals surface area contributed by atoms with Gasteiger partial charge in [0.15, 0.2) is 0 Å². The zero-order valence-corrected chi connectivity index (χ0v) is 13.6. The van der Waals surface area contributed by atoms with Gasteiger partial charge in [-0.15, -0.1) is 11.8 Å². The molecule has 2 heterocycles. The van der Waals surface area contributed by atoms with Crippen molar-refractivity contribution in [2.24, 2.45) is 0 Å².